The van der Waals surface area contributed by atoms with Crippen molar-refractivity contribution in [2.24, 2.45) is 0 Å². The highest BCUT2D eigenvalue weighted by Gasteiger charge is 2.27. The van der Waals surface area contributed by atoms with Crippen LogP contribution in [-0.4, -0.2) is 62.2 Å². The predicted molar refractivity (Wildman–Crippen MR) is 169 cm³/mol. The number of ether oxygens (including phenoxy) is 5. The lowest BCUT2D eigenvalue weighted by atomic mass is 9.96. The van der Waals surface area contributed by atoms with E-state index in [0.717, 1.165) is 20.5 Å². The highest BCUT2D eigenvalue weighted by Crippen LogP contribution is 2.68. The smallest absolute Gasteiger partial charge is 0.225 e. The first-order chi connectivity index (χ1) is 20.8. The Kier molecular flexibility index (Phi) is 11.4. The van der Waals surface area contributed by atoms with Crippen molar-refractivity contribution in [3.63, 3.8) is 0 Å². The zero-order valence-corrected chi connectivity index (χ0v) is 27.6. The molecule has 0 fully saturated rings. The van der Waals surface area contributed by atoms with Gasteiger partial charge in [0, 0.05) is 26.1 Å². The minimum Gasteiger partial charge on any atom is -0.497 e. The highest BCUT2D eigenvalue weighted by atomic mass is 32.1. The van der Waals surface area contributed by atoms with E-state index in [4.69, 9.17) is 42.8 Å². The highest BCUT2D eigenvalue weighted by molar-refractivity contribution is 8.25. The molecular weight excluding hydrogens is 616 g/mol. The summed E-state index contributed by atoms with van der Waals surface area (Å²) in [5.74, 6) is 2.19. The molecule has 11 nitrogen and oxygen atoms in total. The van der Waals surface area contributed by atoms with Gasteiger partial charge in [-0.25, -0.2) is 14.4 Å². The summed E-state index contributed by atoms with van der Waals surface area (Å²) in [6.45, 7) is 1.85. The maximum Gasteiger partial charge on any atom is 0.225 e. The summed E-state index contributed by atoms with van der Waals surface area (Å²) in [7, 11) is 7.91. The van der Waals surface area contributed by atoms with Crippen molar-refractivity contribution in [1.82, 2.24) is 0 Å². The normalized spacial score (nSPS) is 12.5. The number of anilines is 1. The zero-order chi connectivity index (χ0) is 31.1. The van der Waals surface area contributed by atoms with E-state index in [2.05, 4.69) is 5.09 Å². The molecule has 0 saturated carbocycles. The molecule has 0 saturated heterocycles. The van der Waals surface area contributed by atoms with Crippen LogP contribution in [-0.2, 0) is 19.1 Å². The molecule has 4 rings (SSSR count). The van der Waals surface area contributed by atoms with Crippen molar-refractivity contribution in [2.75, 3.05) is 61.5 Å². The van der Waals surface area contributed by atoms with E-state index in [9.17, 15) is 4.79 Å². The van der Waals surface area contributed by atoms with E-state index in [0.29, 0.717) is 45.6 Å². The first kappa shape index (κ1) is 32.7. The van der Waals surface area contributed by atoms with Gasteiger partial charge in [0.15, 0.2) is 17.3 Å². The Morgan fingerprint density at radius 3 is 2.00 bits per heavy atom. The maximum absolute atomic E-state index is 14.4. The van der Waals surface area contributed by atoms with Gasteiger partial charge in [0.05, 0.1) is 55.5 Å². The van der Waals surface area contributed by atoms with E-state index >= 15 is 0 Å². The lowest BCUT2D eigenvalue weighted by Gasteiger charge is -2.22. The summed E-state index contributed by atoms with van der Waals surface area (Å²) in [6.07, 6.45) is 0. The van der Waals surface area contributed by atoms with E-state index in [-0.39, 0.29) is 5.78 Å². The number of nitrogens with one attached hydrogen (secondary N) is 1. The quantitative estimate of drug-likeness (QED) is 0.0593. The van der Waals surface area contributed by atoms with Gasteiger partial charge in [0.25, 0.3) is 0 Å². The van der Waals surface area contributed by atoms with Crippen LogP contribution < -0.4 is 28.8 Å². The van der Waals surface area contributed by atoms with Crippen molar-refractivity contribution in [3.8, 4) is 39.2 Å². The van der Waals surface area contributed by atoms with E-state index in [1.807, 2.05) is 43.1 Å². The summed E-state index contributed by atoms with van der Waals surface area (Å²) in [4.78, 5) is 24.9. The fraction of sp³-hybridized carbons (Fsp3) is 0.276. The third-order valence-electron chi connectivity index (χ3n) is 6.31. The van der Waals surface area contributed by atoms with Gasteiger partial charge in [-0.15, -0.1) is 11.3 Å². The summed E-state index contributed by atoms with van der Waals surface area (Å²) in [5.41, 5.74) is 2.30. The number of carbonyl (C=O) groups is 1. The predicted octanol–water partition coefficient (Wildman–Crippen LogP) is 7.66. The number of thiophene rings is 1. The molecule has 14 heteroatoms. The molecule has 0 amide bonds. The number of benzene rings is 3. The Labute approximate surface area is 256 Å². The number of methoxy groups -OCH3 is 5. The number of hydrogen-bond donors (Lipinski definition) is 1. The SMILES string of the molecule is COOP(C)P(Nc1cc(-c2sc3cc(OC)ccc3c2C(=O)c2cc(OC)c(OC)c(OC)c2)ccc1OC)OOC. The third kappa shape index (κ3) is 6.97. The molecule has 2 unspecified atom stereocenters. The Bertz CT molecular complexity index is 1560. The van der Waals surface area contributed by atoms with Crippen LogP contribution in [0.1, 0.15) is 15.9 Å². The molecule has 0 aliphatic heterocycles. The largest absolute Gasteiger partial charge is 0.497 e. The minimum absolute atomic E-state index is 0.216. The molecule has 0 aliphatic carbocycles. The third-order valence-corrected chi connectivity index (χ3v) is 11.3. The average molecular weight is 650 g/mol. The van der Waals surface area contributed by atoms with Gasteiger partial charge in [-0.2, -0.15) is 4.67 Å². The first-order valence-corrected chi connectivity index (χ1v) is 17.2. The lowest BCUT2D eigenvalue weighted by molar-refractivity contribution is -0.176. The van der Waals surface area contributed by atoms with Crippen LogP contribution in [0.15, 0.2) is 48.5 Å². The maximum atomic E-state index is 14.4. The van der Waals surface area contributed by atoms with Crippen molar-refractivity contribution >= 4 is 48.7 Å². The Morgan fingerprint density at radius 1 is 0.744 bits per heavy atom. The fourth-order valence-electron chi connectivity index (χ4n) is 4.37. The van der Waals surface area contributed by atoms with E-state index < -0.39 is 15.8 Å². The summed E-state index contributed by atoms with van der Waals surface area (Å²) in [5, 5.41) is 4.12. The van der Waals surface area contributed by atoms with Crippen LogP contribution in [0.2, 0.25) is 0 Å². The first-order valence-electron chi connectivity index (χ1n) is 12.7. The van der Waals surface area contributed by atoms with E-state index in [1.165, 1.54) is 46.9 Å². The summed E-state index contributed by atoms with van der Waals surface area (Å²) < 4.78 is 39.3. The Balaban J connectivity index is 1.90. The molecule has 4 aromatic rings. The number of fused-ring (bicyclic) bond motifs is 1. The topological polar surface area (TPSA) is 112 Å². The standard InChI is InChI=1S/C29H33NO10P2S/c1-32-19-10-11-20-25(16-19)43-29(26(20)27(31)18-14-23(34-3)28(36-5)24(15-18)35-4)17-9-12-22(33-2)21(13-17)30-42(40-38-7)41(8)39-37-6/h9-16,30H,1-8H3. The minimum atomic E-state index is -1.46. The van der Waals surface area contributed by atoms with Crippen molar-refractivity contribution in [1.29, 1.82) is 0 Å². The second kappa shape index (κ2) is 15.0. The molecule has 0 bridgehead atoms. The number of hydrogen-bond acceptors (Lipinski definition) is 12. The fourth-order valence-corrected chi connectivity index (χ4v) is 8.28. The van der Waals surface area contributed by atoms with Gasteiger partial charge in [0.1, 0.15) is 19.3 Å². The van der Waals surface area contributed by atoms with Crippen molar-refractivity contribution in [2.45, 2.75) is 0 Å². The molecule has 0 spiro atoms. The molecule has 1 heterocycles. The van der Waals surface area contributed by atoms with E-state index in [1.54, 1.807) is 26.4 Å². The Morgan fingerprint density at radius 2 is 1.42 bits per heavy atom. The molecule has 1 aromatic heterocycles. The van der Waals surface area contributed by atoms with Crippen LogP contribution in [0.3, 0.4) is 0 Å². The Hall–Kier alpha value is -3.21. The molecule has 230 valence electrons. The van der Waals surface area contributed by atoms with Crippen LogP contribution in [0.5, 0.6) is 28.7 Å². The monoisotopic (exact) mass is 649 g/mol. The number of rotatable bonds is 15. The number of ketones is 1. The van der Waals surface area contributed by atoms with Crippen LogP contribution in [0.4, 0.5) is 5.69 Å². The molecule has 2 atom stereocenters. The molecule has 1 N–H and O–H groups in total. The van der Waals surface area contributed by atoms with Crippen molar-refractivity contribution in [3.05, 3.63) is 59.7 Å². The van der Waals surface area contributed by atoms with Gasteiger partial charge >= 0.3 is 0 Å². The van der Waals surface area contributed by atoms with Crippen LogP contribution in [0, 0.1) is 0 Å². The second-order valence-electron chi connectivity index (χ2n) is 8.66. The number of carbonyl (C=O) groups excluding carboxylic acids is 1. The molecular formula is C29H33NO10P2S. The van der Waals surface area contributed by atoms with Crippen LogP contribution >= 0.6 is 27.2 Å². The summed E-state index contributed by atoms with van der Waals surface area (Å²) >= 11 is 1.47. The van der Waals surface area contributed by atoms with Gasteiger partial charge < -0.3 is 28.8 Å². The molecule has 43 heavy (non-hydrogen) atoms. The second-order valence-corrected chi connectivity index (χ2v) is 14.5. The molecule has 3 aromatic carbocycles. The zero-order valence-electron chi connectivity index (χ0n) is 25.0. The van der Waals surface area contributed by atoms with Crippen LogP contribution in [0.25, 0.3) is 20.5 Å². The lowest BCUT2D eigenvalue weighted by Crippen LogP contribution is -2.05. The summed E-state index contributed by atoms with van der Waals surface area (Å²) in [6, 6.07) is 14.6. The van der Waals surface area contributed by atoms with Gasteiger partial charge in [-0.05, 0) is 60.8 Å². The van der Waals surface area contributed by atoms with Crippen molar-refractivity contribution < 1.29 is 47.6 Å². The molecule has 0 radical (unpaired) electrons. The van der Waals surface area contributed by atoms with Gasteiger partial charge in [-0.3, -0.25) is 4.79 Å². The molecule has 0 aliphatic rings. The average Bonchev–Trinajstić information content (AvgIpc) is 3.42. The van der Waals surface area contributed by atoms with Gasteiger partial charge in [-0.1, -0.05) is 0 Å². The van der Waals surface area contributed by atoms with Gasteiger partial charge in [0.2, 0.25) is 13.7 Å².